The zero-order valence-electron chi connectivity index (χ0n) is 15.0. The number of halogens is 4. The number of piperazine rings is 1. The molecule has 150 valence electrons. The molecular weight excluding hydrogens is 433 g/mol. The van der Waals surface area contributed by atoms with Crippen LogP contribution in [-0.2, 0) is 15.7 Å². The first-order chi connectivity index (χ1) is 12.3. The van der Waals surface area contributed by atoms with E-state index in [2.05, 4.69) is 15.9 Å². The maximum Gasteiger partial charge on any atom is 0.419 e. The smallest absolute Gasteiger partial charge is 0.419 e. The van der Waals surface area contributed by atoms with E-state index < -0.39 is 35.4 Å². The maximum atomic E-state index is 13.5. The molecule has 27 heavy (non-hydrogen) atoms. The van der Waals surface area contributed by atoms with Crippen molar-refractivity contribution in [3.05, 3.63) is 28.2 Å². The van der Waals surface area contributed by atoms with Crippen molar-refractivity contribution in [3.63, 3.8) is 0 Å². The van der Waals surface area contributed by atoms with Crippen LogP contribution in [0.5, 0.6) is 0 Å². The minimum absolute atomic E-state index is 0.0442. The standard InChI is InChI=1S/C17H20BrF3N2O4/c1-16(2,3)27-15(26)23-8-7-22(9-12(23)14(24)25)11-6-4-5-10(18)13(11)17(19,20)21/h4-6,12H,7-9H2,1-3H3,(H,24,25)/t12-/m0/s1. The summed E-state index contributed by atoms with van der Waals surface area (Å²) in [5.74, 6) is -1.31. The fourth-order valence-electron chi connectivity index (χ4n) is 2.81. The Morgan fingerprint density at radius 2 is 1.85 bits per heavy atom. The molecule has 0 unspecified atom stereocenters. The van der Waals surface area contributed by atoms with Gasteiger partial charge in [0.05, 0.1) is 11.3 Å². The minimum Gasteiger partial charge on any atom is -0.480 e. The lowest BCUT2D eigenvalue weighted by Gasteiger charge is -2.41. The number of aliphatic carboxylic acids is 1. The molecule has 1 fully saturated rings. The van der Waals surface area contributed by atoms with Crippen LogP contribution in [-0.4, -0.2) is 53.3 Å². The van der Waals surface area contributed by atoms with Gasteiger partial charge in [-0.1, -0.05) is 22.0 Å². The second-order valence-corrected chi connectivity index (χ2v) is 7.96. The quantitative estimate of drug-likeness (QED) is 0.734. The number of hydrogen-bond acceptors (Lipinski definition) is 4. The fraction of sp³-hybridized carbons (Fsp3) is 0.529. The summed E-state index contributed by atoms with van der Waals surface area (Å²) in [4.78, 5) is 26.3. The van der Waals surface area contributed by atoms with Crippen molar-refractivity contribution in [3.8, 4) is 0 Å². The van der Waals surface area contributed by atoms with Gasteiger partial charge in [0.15, 0.2) is 0 Å². The largest absolute Gasteiger partial charge is 0.480 e. The van der Waals surface area contributed by atoms with Gasteiger partial charge < -0.3 is 14.7 Å². The van der Waals surface area contributed by atoms with E-state index in [9.17, 15) is 27.9 Å². The van der Waals surface area contributed by atoms with Crippen LogP contribution in [0.1, 0.15) is 26.3 Å². The van der Waals surface area contributed by atoms with E-state index in [1.807, 2.05) is 0 Å². The zero-order valence-corrected chi connectivity index (χ0v) is 16.6. The summed E-state index contributed by atoms with van der Waals surface area (Å²) in [5.41, 5.74) is -1.82. The molecule has 1 atom stereocenters. The molecule has 0 aliphatic carbocycles. The summed E-state index contributed by atoms with van der Waals surface area (Å²) in [7, 11) is 0. The normalized spacial score (nSPS) is 18.4. The van der Waals surface area contributed by atoms with Crippen molar-refractivity contribution >= 4 is 33.7 Å². The Morgan fingerprint density at radius 3 is 2.37 bits per heavy atom. The number of hydrogen-bond donors (Lipinski definition) is 1. The van der Waals surface area contributed by atoms with Crippen LogP contribution in [0.2, 0.25) is 0 Å². The number of amides is 1. The molecule has 0 aromatic heterocycles. The Balaban J connectivity index is 2.32. The maximum absolute atomic E-state index is 13.5. The van der Waals surface area contributed by atoms with Crippen molar-refractivity contribution in [2.45, 2.75) is 38.6 Å². The van der Waals surface area contributed by atoms with E-state index in [0.29, 0.717) is 0 Å². The van der Waals surface area contributed by atoms with Crippen molar-refractivity contribution in [2.75, 3.05) is 24.5 Å². The van der Waals surface area contributed by atoms with E-state index in [-0.39, 0.29) is 29.8 Å². The number of alkyl halides is 3. The highest BCUT2D eigenvalue weighted by Gasteiger charge is 2.41. The molecule has 0 saturated carbocycles. The number of anilines is 1. The first kappa shape index (κ1) is 21.3. The van der Waals surface area contributed by atoms with Crippen LogP contribution in [0.4, 0.5) is 23.7 Å². The van der Waals surface area contributed by atoms with Crippen LogP contribution in [0.3, 0.4) is 0 Å². The van der Waals surface area contributed by atoms with Gasteiger partial charge in [-0.15, -0.1) is 0 Å². The molecule has 1 saturated heterocycles. The molecule has 0 radical (unpaired) electrons. The van der Waals surface area contributed by atoms with Crippen LogP contribution in [0, 0.1) is 0 Å². The van der Waals surface area contributed by atoms with Gasteiger partial charge in [-0.2, -0.15) is 13.2 Å². The van der Waals surface area contributed by atoms with E-state index in [4.69, 9.17) is 4.74 Å². The highest BCUT2D eigenvalue weighted by molar-refractivity contribution is 9.10. The van der Waals surface area contributed by atoms with Gasteiger partial charge in [-0.05, 0) is 32.9 Å². The average molecular weight is 453 g/mol. The monoisotopic (exact) mass is 452 g/mol. The number of nitrogens with zero attached hydrogens (tertiary/aromatic N) is 2. The van der Waals surface area contributed by atoms with E-state index in [1.165, 1.54) is 23.1 Å². The average Bonchev–Trinajstić information content (AvgIpc) is 2.51. The number of ether oxygens (including phenoxy) is 1. The number of carboxylic acid groups (broad SMARTS) is 1. The van der Waals surface area contributed by atoms with Crippen LogP contribution < -0.4 is 4.90 Å². The predicted molar refractivity (Wildman–Crippen MR) is 95.7 cm³/mol. The van der Waals surface area contributed by atoms with Crippen LogP contribution in [0.25, 0.3) is 0 Å². The summed E-state index contributed by atoms with van der Waals surface area (Å²) in [6, 6.07) is 2.69. The second-order valence-electron chi connectivity index (χ2n) is 7.11. The lowest BCUT2D eigenvalue weighted by atomic mass is 10.1. The van der Waals surface area contributed by atoms with E-state index >= 15 is 0 Å². The van der Waals surface area contributed by atoms with Gasteiger partial charge in [0.25, 0.3) is 0 Å². The zero-order chi connectivity index (χ0) is 20.6. The van der Waals surface area contributed by atoms with E-state index in [1.54, 1.807) is 20.8 Å². The second kappa shape index (κ2) is 7.57. The number of carbonyl (C=O) groups is 2. The molecule has 1 aliphatic heterocycles. The van der Waals surface area contributed by atoms with Gasteiger partial charge in [0.2, 0.25) is 0 Å². The molecule has 2 rings (SSSR count). The predicted octanol–water partition coefficient (Wildman–Crippen LogP) is 3.98. The molecule has 1 N–H and O–H groups in total. The van der Waals surface area contributed by atoms with Gasteiger partial charge in [-0.3, -0.25) is 4.90 Å². The third-order valence-electron chi connectivity index (χ3n) is 3.91. The molecule has 10 heteroatoms. The van der Waals surface area contributed by atoms with Gasteiger partial charge in [-0.25, -0.2) is 9.59 Å². The lowest BCUT2D eigenvalue weighted by molar-refractivity contribution is -0.143. The molecule has 6 nitrogen and oxygen atoms in total. The first-order valence-electron chi connectivity index (χ1n) is 8.14. The van der Waals surface area contributed by atoms with Gasteiger partial charge in [0.1, 0.15) is 11.6 Å². The molecule has 0 spiro atoms. The van der Waals surface area contributed by atoms with Crippen LogP contribution in [0.15, 0.2) is 22.7 Å². The number of rotatable bonds is 2. The van der Waals surface area contributed by atoms with Crippen LogP contribution >= 0.6 is 15.9 Å². The topological polar surface area (TPSA) is 70.1 Å². The Hall–Kier alpha value is -1.97. The van der Waals surface area contributed by atoms with Crippen molar-refractivity contribution in [1.29, 1.82) is 0 Å². The molecule has 1 heterocycles. The molecule has 1 aromatic rings. The van der Waals surface area contributed by atoms with Crippen molar-refractivity contribution in [1.82, 2.24) is 4.90 Å². The Bertz CT molecular complexity index is 734. The summed E-state index contributed by atoms with van der Waals surface area (Å²) < 4.78 is 45.4. The summed E-state index contributed by atoms with van der Waals surface area (Å²) in [5, 5.41) is 9.50. The summed E-state index contributed by atoms with van der Waals surface area (Å²) >= 11 is 2.91. The van der Waals surface area contributed by atoms with Crippen molar-refractivity contribution in [2.24, 2.45) is 0 Å². The fourth-order valence-corrected chi connectivity index (χ4v) is 3.39. The number of benzene rings is 1. The van der Waals surface area contributed by atoms with Gasteiger partial charge >= 0.3 is 18.2 Å². The summed E-state index contributed by atoms with van der Waals surface area (Å²) in [6.07, 6.45) is -5.42. The van der Waals surface area contributed by atoms with Crippen molar-refractivity contribution < 1.29 is 32.6 Å². The highest BCUT2D eigenvalue weighted by atomic mass is 79.9. The van der Waals surface area contributed by atoms with E-state index in [0.717, 1.165) is 4.90 Å². The molecular formula is C17H20BrF3N2O4. The summed E-state index contributed by atoms with van der Waals surface area (Å²) in [6.45, 7) is 4.63. The number of carboxylic acids is 1. The minimum atomic E-state index is -4.61. The third kappa shape index (κ3) is 5.06. The Labute approximate surface area is 163 Å². The lowest BCUT2D eigenvalue weighted by Crippen LogP contribution is -2.59. The molecule has 1 amide bonds. The molecule has 1 aromatic carbocycles. The highest BCUT2D eigenvalue weighted by Crippen LogP contribution is 2.41. The third-order valence-corrected chi connectivity index (χ3v) is 4.57. The number of carbonyl (C=O) groups excluding carboxylic acids is 1. The SMILES string of the molecule is CC(C)(C)OC(=O)N1CCN(c2cccc(Br)c2C(F)(F)F)C[C@H]1C(=O)O. The Kier molecular flexibility index (Phi) is 5.98. The van der Waals surface area contributed by atoms with Gasteiger partial charge in [0, 0.05) is 24.1 Å². The Morgan fingerprint density at radius 1 is 1.22 bits per heavy atom. The molecule has 1 aliphatic rings. The molecule has 0 bridgehead atoms. The first-order valence-corrected chi connectivity index (χ1v) is 8.93.